The Balaban J connectivity index is 1.71. The predicted molar refractivity (Wildman–Crippen MR) is 118 cm³/mol. The number of thioether (sulfide) groups is 1. The summed E-state index contributed by atoms with van der Waals surface area (Å²) in [5.74, 6) is -2.25. The van der Waals surface area contributed by atoms with Gasteiger partial charge < -0.3 is 15.0 Å². The van der Waals surface area contributed by atoms with Crippen LogP contribution in [0.1, 0.15) is 5.56 Å². The van der Waals surface area contributed by atoms with Crippen LogP contribution in [0.5, 0.6) is 0 Å². The molecule has 0 radical (unpaired) electrons. The molecule has 9 heteroatoms. The van der Waals surface area contributed by atoms with Gasteiger partial charge in [0, 0.05) is 5.02 Å². The molecule has 0 fully saturated rings. The Kier molecular flexibility index (Phi) is 7.47. The average Bonchev–Trinajstić information content (AvgIpc) is 3.08. The van der Waals surface area contributed by atoms with Crippen LogP contribution in [0.15, 0.2) is 66.0 Å². The van der Waals surface area contributed by atoms with Crippen LogP contribution in [0, 0.1) is 17.2 Å². The number of fused-ring (bicyclic) bond motifs is 1. The molecule has 0 unspecified atom stereocenters. The summed E-state index contributed by atoms with van der Waals surface area (Å²) in [6.45, 7) is 3.58. The second-order valence-electron chi connectivity index (χ2n) is 6.74. The molecule has 0 saturated heterocycles. The number of imidazole rings is 1. The van der Waals surface area contributed by atoms with E-state index in [4.69, 9.17) is 21.6 Å². The summed E-state index contributed by atoms with van der Waals surface area (Å²) in [6.07, 6.45) is 0. The van der Waals surface area contributed by atoms with E-state index in [-0.39, 0.29) is 11.4 Å². The number of carbonyl (C=O) groups is 2. The van der Waals surface area contributed by atoms with Gasteiger partial charge in [-0.2, -0.15) is 5.26 Å². The summed E-state index contributed by atoms with van der Waals surface area (Å²) in [5, 5.41) is 10.2. The van der Waals surface area contributed by atoms with E-state index in [1.165, 1.54) is 11.8 Å². The molecule has 0 aliphatic carbocycles. The topological polar surface area (TPSA) is 113 Å². The minimum Gasteiger partial charge on any atom is -0.457 e. The van der Waals surface area contributed by atoms with Gasteiger partial charge in [-0.15, -0.1) is 0 Å². The summed E-state index contributed by atoms with van der Waals surface area (Å²) < 4.78 is 7.02. The fourth-order valence-corrected chi connectivity index (χ4v) is 3.88. The largest absolute Gasteiger partial charge is 0.457 e. The summed E-state index contributed by atoms with van der Waals surface area (Å²) >= 11 is 7.31. The van der Waals surface area contributed by atoms with Crippen LogP contribution in [0.4, 0.5) is 0 Å². The summed E-state index contributed by atoms with van der Waals surface area (Å²) in [4.78, 5) is 28.7. The molecule has 3 N–H and O–H groups in total. The highest BCUT2D eigenvalue weighted by Crippen LogP contribution is 2.27. The maximum atomic E-state index is 12.2. The zero-order valence-corrected chi connectivity index (χ0v) is 18.2. The number of ketones is 1. The fourth-order valence-electron chi connectivity index (χ4n) is 2.90. The first kappa shape index (κ1) is 22.6. The molecule has 31 heavy (non-hydrogen) atoms. The predicted octanol–water partition coefficient (Wildman–Crippen LogP) is 2.84. The number of ether oxygens (including phenoxy) is 1. The van der Waals surface area contributed by atoms with Crippen molar-refractivity contribution in [3.05, 3.63) is 71.4 Å². The van der Waals surface area contributed by atoms with Gasteiger partial charge >= 0.3 is 5.97 Å². The minimum atomic E-state index is -1.08. The van der Waals surface area contributed by atoms with Crippen molar-refractivity contribution in [3.8, 4) is 6.07 Å². The SMILES string of the molecule is C=C([NH3+])[C@H](C#N)C(=O)COC(=O)CSc1nc2cc(Cl)ccc2n1Cc1ccccc1. The lowest BCUT2D eigenvalue weighted by molar-refractivity contribution is -0.309. The van der Waals surface area contributed by atoms with E-state index in [0.29, 0.717) is 16.7 Å². The number of quaternary nitrogens is 1. The lowest BCUT2D eigenvalue weighted by Crippen LogP contribution is -2.51. The number of nitrogens with zero attached hydrogens (tertiary/aromatic N) is 3. The number of allylic oxidation sites excluding steroid dienone is 1. The standard InChI is InChI=1S/C22H19ClN4O3S/c1-14(25)17(10-24)20(28)12-30-21(29)13-31-22-26-18-9-16(23)7-8-19(18)27(22)11-15-5-3-2-4-6-15/h2-9,17H,1,11-13,25H2/p+1/t17-/m0/s1. The molecule has 0 spiro atoms. The van der Waals surface area contributed by atoms with Gasteiger partial charge in [-0.3, -0.25) is 9.59 Å². The van der Waals surface area contributed by atoms with Gasteiger partial charge in [0.2, 0.25) is 0 Å². The number of halogens is 1. The van der Waals surface area contributed by atoms with Gasteiger partial charge in [-0.05, 0) is 30.3 Å². The molecule has 1 atom stereocenters. The number of carbonyl (C=O) groups excluding carboxylic acids is 2. The molecule has 1 heterocycles. The van der Waals surface area contributed by atoms with Gasteiger partial charge in [-0.25, -0.2) is 4.98 Å². The van der Waals surface area contributed by atoms with Crippen LogP contribution in [0.2, 0.25) is 5.02 Å². The average molecular weight is 456 g/mol. The lowest BCUT2D eigenvalue weighted by atomic mass is 10.0. The number of Topliss-reactive ketones (excluding diaryl/α,β-unsaturated/α-hetero) is 1. The molecule has 3 rings (SSSR count). The van der Waals surface area contributed by atoms with Crippen LogP contribution in [-0.2, 0) is 20.9 Å². The third-order valence-electron chi connectivity index (χ3n) is 4.41. The molecule has 0 bridgehead atoms. The van der Waals surface area contributed by atoms with Crippen molar-refractivity contribution in [3.63, 3.8) is 0 Å². The summed E-state index contributed by atoms with van der Waals surface area (Å²) in [7, 11) is 0. The van der Waals surface area contributed by atoms with Crippen LogP contribution in [0.25, 0.3) is 11.0 Å². The zero-order chi connectivity index (χ0) is 22.4. The number of benzene rings is 2. The smallest absolute Gasteiger partial charge is 0.316 e. The van der Waals surface area contributed by atoms with Gasteiger partial charge in [0.25, 0.3) is 0 Å². The van der Waals surface area contributed by atoms with Crippen molar-refractivity contribution in [1.82, 2.24) is 9.55 Å². The zero-order valence-electron chi connectivity index (χ0n) is 16.6. The van der Waals surface area contributed by atoms with Crippen molar-refractivity contribution in [2.75, 3.05) is 12.4 Å². The lowest BCUT2D eigenvalue weighted by Gasteiger charge is -2.09. The van der Waals surface area contributed by atoms with Crippen molar-refractivity contribution in [2.45, 2.75) is 11.7 Å². The van der Waals surface area contributed by atoms with E-state index in [9.17, 15) is 9.59 Å². The monoisotopic (exact) mass is 455 g/mol. The second-order valence-corrected chi connectivity index (χ2v) is 8.11. The van der Waals surface area contributed by atoms with Crippen LogP contribution < -0.4 is 5.73 Å². The molecule has 1 aromatic heterocycles. The second kappa shape index (κ2) is 10.3. The van der Waals surface area contributed by atoms with Crippen LogP contribution in [-0.4, -0.2) is 33.7 Å². The van der Waals surface area contributed by atoms with Crippen molar-refractivity contribution in [1.29, 1.82) is 5.26 Å². The Morgan fingerprint density at radius 3 is 2.71 bits per heavy atom. The van der Waals surface area contributed by atoms with E-state index in [1.807, 2.05) is 41.0 Å². The van der Waals surface area contributed by atoms with Crippen LogP contribution >= 0.6 is 23.4 Å². The minimum absolute atomic E-state index is 0.0400. The van der Waals surface area contributed by atoms with Gasteiger partial charge in [0.1, 0.15) is 5.70 Å². The number of esters is 1. The Morgan fingerprint density at radius 1 is 1.29 bits per heavy atom. The Labute approximate surface area is 188 Å². The first-order valence-electron chi connectivity index (χ1n) is 9.30. The molecule has 0 amide bonds. The molecule has 0 saturated carbocycles. The van der Waals surface area contributed by atoms with E-state index in [2.05, 4.69) is 17.3 Å². The molecule has 158 valence electrons. The first-order valence-corrected chi connectivity index (χ1v) is 10.7. The number of rotatable bonds is 9. The third-order valence-corrected chi connectivity index (χ3v) is 5.60. The summed E-state index contributed by atoms with van der Waals surface area (Å²) in [5.41, 5.74) is 6.38. The third kappa shape index (κ3) is 5.73. The van der Waals surface area contributed by atoms with Crippen molar-refractivity contribution >= 4 is 46.1 Å². The molecule has 0 aliphatic heterocycles. The Morgan fingerprint density at radius 2 is 2.03 bits per heavy atom. The van der Waals surface area contributed by atoms with Gasteiger partial charge in [-0.1, -0.05) is 53.7 Å². The number of hydrogen-bond donors (Lipinski definition) is 1. The molecular formula is C22H20ClN4O3S+. The highest BCUT2D eigenvalue weighted by Gasteiger charge is 2.23. The molecular weight excluding hydrogens is 436 g/mol. The van der Waals surface area contributed by atoms with E-state index in [0.717, 1.165) is 16.6 Å². The Hall–Kier alpha value is -3.12. The van der Waals surface area contributed by atoms with E-state index in [1.54, 1.807) is 18.2 Å². The maximum absolute atomic E-state index is 12.2. The van der Waals surface area contributed by atoms with E-state index < -0.39 is 24.3 Å². The highest BCUT2D eigenvalue weighted by atomic mass is 35.5. The van der Waals surface area contributed by atoms with Gasteiger partial charge in [0.15, 0.2) is 23.5 Å². The van der Waals surface area contributed by atoms with Crippen LogP contribution in [0.3, 0.4) is 0 Å². The van der Waals surface area contributed by atoms with Crippen molar-refractivity contribution < 1.29 is 20.1 Å². The number of nitriles is 1. The number of hydrogen-bond acceptors (Lipinski definition) is 6. The first-order chi connectivity index (χ1) is 14.9. The molecule has 7 nitrogen and oxygen atoms in total. The highest BCUT2D eigenvalue weighted by molar-refractivity contribution is 7.99. The Bertz CT molecular complexity index is 1170. The molecule has 3 aromatic rings. The number of aromatic nitrogens is 2. The van der Waals surface area contributed by atoms with Gasteiger partial charge in [0.05, 0.1) is 29.4 Å². The molecule has 2 aromatic carbocycles. The normalized spacial score (nSPS) is 11.6. The summed E-state index contributed by atoms with van der Waals surface area (Å²) in [6, 6.07) is 17.1. The fraction of sp³-hybridized carbons (Fsp3) is 0.182. The molecule has 0 aliphatic rings. The maximum Gasteiger partial charge on any atom is 0.316 e. The van der Waals surface area contributed by atoms with E-state index >= 15 is 0 Å². The quantitative estimate of drug-likeness (QED) is 0.392. The van der Waals surface area contributed by atoms with Crippen molar-refractivity contribution in [2.24, 2.45) is 5.92 Å².